The molecule has 0 radical (unpaired) electrons. The topological polar surface area (TPSA) is 40.7 Å². The van der Waals surface area contributed by atoms with Gasteiger partial charge in [-0.1, -0.05) is 68.8 Å². The van der Waals surface area contributed by atoms with Crippen molar-refractivity contribution in [1.82, 2.24) is 15.3 Å². The molecule has 3 rings (SSSR count). The molecule has 0 saturated carbocycles. The summed E-state index contributed by atoms with van der Waals surface area (Å²) in [5, 5.41) is 3.54. The van der Waals surface area contributed by atoms with Crippen LogP contribution in [0.5, 0.6) is 0 Å². The van der Waals surface area contributed by atoms with Gasteiger partial charge in [0.15, 0.2) is 0 Å². The Morgan fingerprint density at radius 2 is 1.83 bits per heavy atom. The van der Waals surface area contributed by atoms with Gasteiger partial charge in [0.05, 0.1) is 11.9 Å². The van der Waals surface area contributed by atoms with Crippen LogP contribution in [0.15, 0.2) is 60.8 Å². The number of imidazole rings is 1. The number of hydrogen-bond donors (Lipinski definition) is 2. The second kappa shape index (κ2) is 7.93. The Labute approximate surface area is 144 Å². The molecule has 0 bridgehead atoms. The Kier molecular flexibility index (Phi) is 5.44. The molecule has 0 aliphatic carbocycles. The third kappa shape index (κ3) is 4.12. The molecule has 0 aliphatic rings. The molecule has 1 aromatic heterocycles. The molecule has 0 aliphatic heterocycles. The van der Waals surface area contributed by atoms with E-state index in [1.165, 1.54) is 17.5 Å². The maximum Gasteiger partial charge on any atom is 0.137 e. The minimum Gasteiger partial charge on any atom is -0.338 e. The third-order valence-electron chi connectivity index (χ3n) is 4.38. The van der Waals surface area contributed by atoms with E-state index in [-0.39, 0.29) is 0 Å². The maximum atomic E-state index is 4.52. The number of H-pyrrole nitrogens is 1. The van der Waals surface area contributed by atoms with Gasteiger partial charge in [-0.2, -0.15) is 0 Å². The van der Waals surface area contributed by atoms with Gasteiger partial charge >= 0.3 is 0 Å². The van der Waals surface area contributed by atoms with Crippen molar-refractivity contribution in [3.63, 3.8) is 0 Å². The predicted octanol–water partition coefficient (Wildman–Crippen LogP) is 4.88. The first kappa shape index (κ1) is 16.5. The lowest BCUT2D eigenvalue weighted by Gasteiger charge is -2.10. The molecule has 0 spiro atoms. The molecule has 1 heterocycles. The fraction of sp³-hybridized carbons (Fsp3) is 0.286. The molecule has 2 N–H and O–H groups in total. The summed E-state index contributed by atoms with van der Waals surface area (Å²) < 4.78 is 0. The Hall–Kier alpha value is -2.39. The largest absolute Gasteiger partial charge is 0.338 e. The van der Waals surface area contributed by atoms with Gasteiger partial charge in [0.1, 0.15) is 5.82 Å². The molecule has 0 saturated heterocycles. The van der Waals surface area contributed by atoms with Crippen LogP contribution in [-0.4, -0.2) is 16.5 Å². The third-order valence-corrected chi connectivity index (χ3v) is 4.38. The highest BCUT2D eigenvalue weighted by Gasteiger charge is 2.06. The lowest BCUT2D eigenvalue weighted by molar-refractivity contribution is 0.500. The average Bonchev–Trinajstić information content (AvgIpc) is 3.13. The van der Waals surface area contributed by atoms with Crippen molar-refractivity contribution in [2.75, 3.05) is 6.54 Å². The molecule has 2 aromatic carbocycles. The van der Waals surface area contributed by atoms with Crippen molar-refractivity contribution in [2.45, 2.75) is 26.8 Å². The van der Waals surface area contributed by atoms with Crippen molar-refractivity contribution in [3.05, 3.63) is 66.4 Å². The summed E-state index contributed by atoms with van der Waals surface area (Å²) in [6, 6.07) is 18.8. The minimum absolute atomic E-state index is 0.717. The van der Waals surface area contributed by atoms with E-state index in [1.807, 2.05) is 24.4 Å². The number of nitrogens with one attached hydrogen (secondary N) is 2. The highest BCUT2D eigenvalue weighted by molar-refractivity contribution is 5.64. The van der Waals surface area contributed by atoms with Crippen molar-refractivity contribution >= 4 is 0 Å². The van der Waals surface area contributed by atoms with Crippen LogP contribution in [-0.2, 0) is 6.54 Å². The van der Waals surface area contributed by atoms with E-state index in [4.69, 9.17) is 0 Å². The summed E-state index contributed by atoms with van der Waals surface area (Å²) in [6.07, 6.45) is 3.12. The van der Waals surface area contributed by atoms with Gasteiger partial charge in [-0.15, -0.1) is 0 Å². The summed E-state index contributed by atoms with van der Waals surface area (Å²) in [5.74, 6) is 1.63. The van der Waals surface area contributed by atoms with Crippen molar-refractivity contribution in [1.29, 1.82) is 0 Å². The van der Waals surface area contributed by atoms with Crippen LogP contribution in [0.4, 0.5) is 0 Å². The summed E-state index contributed by atoms with van der Waals surface area (Å²) >= 11 is 0. The van der Waals surface area contributed by atoms with E-state index < -0.39 is 0 Å². The molecule has 124 valence electrons. The van der Waals surface area contributed by atoms with Gasteiger partial charge in [-0.3, -0.25) is 0 Å². The first-order valence-corrected chi connectivity index (χ1v) is 8.66. The second-order valence-electron chi connectivity index (χ2n) is 6.36. The zero-order chi connectivity index (χ0) is 16.8. The van der Waals surface area contributed by atoms with Crippen LogP contribution < -0.4 is 5.32 Å². The normalized spacial score (nSPS) is 12.2. The molecular formula is C21H25N3. The Morgan fingerprint density at radius 1 is 1.04 bits per heavy atom. The van der Waals surface area contributed by atoms with Gasteiger partial charge in [-0.05, 0) is 29.7 Å². The van der Waals surface area contributed by atoms with Crippen molar-refractivity contribution in [2.24, 2.45) is 5.92 Å². The highest BCUT2D eigenvalue weighted by Crippen LogP contribution is 2.22. The number of benzene rings is 2. The minimum atomic E-state index is 0.717. The van der Waals surface area contributed by atoms with Gasteiger partial charge in [0.25, 0.3) is 0 Å². The number of hydrogen-bond acceptors (Lipinski definition) is 2. The summed E-state index contributed by atoms with van der Waals surface area (Å²) in [7, 11) is 0. The molecular weight excluding hydrogens is 294 g/mol. The molecule has 0 amide bonds. The van der Waals surface area contributed by atoms with E-state index in [0.29, 0.717) is 5.92 Å². The maximum absolute atomic E-state index is 4.52. The van der Waals surface area contributed by atoms with E-state index in [1.54, 1.807) is 0 Å². The Bertz CT molecular complexity index is 762. The van der Waals surface area contributed by atoms with E-state index in [0.717, 1.165) is 30.2 Å². The molecule has 24 heavy (non-hydrogen) atoms. The Balaban J connectivity index is 1.71. The quantitative estimate of drug-likeness (QED) is 0.651. The van der Waals surface area contributed by atoms with Crippen LogP contribution in [0, 0.1) is 5.92 Å². The van der Waals surface area contributed by atoms with Gasteiger partial charge in [-0.25, -0.2) is 4.98 Å². The van der Waals surface area contributed by atoms with Gasteiger partial charge in [0, 0.05) is 12.1 Å². The van der Waals surface area contributed by atoms with E-state index in [2.05, 4.69) is 65.5 Å². The smallest absolute Gasteiger partial charge is 0.137 e. The zero-order valence-electron chi connectivity index (χ0n) is 14.4. The molecule has 0 fully saturated rings. The van der Waals surface area contributed by atoms with Crippen LogP contribution >= 0.6 is 0 Å². The molecule has 1 atom stereocenters. The summed E-state index contributed by atoms with van der Waals surface area (Å²) in [5.41, 5.74) is 4.63. The fourth-order valence-corrected chi connectivity index (χ4v) is 2.67. The van der Waals surface area contributed by atoms with Crippen LogP contribution in [0.1, 0.15) is 25.8 Å². The summed E-state index contributed by atoms with van der Waals surface area (Å²) in [4.78, 5) is 7.94. The fourth-order valence-electron chi connectivity index (χ4n) is 2.67. The van der Waals surface area contributed by atoms with E-state index in [9.17, 15) is 0 Å². The lowest BCUT2D eigenvalue weighted by atomic mass is 10.1. The predicted molar refractivity (Wildman–Crippen MR) is 101 cm³/mol. The lowest BCUT2D eigenvalue weighted by Crippen LogP contribution is -2.20. The standard InChI is InChI=1S/C21H25N3/c1-3-16(2)13-22-14-17-8-7-11-19(12-17)20-15-23-21(24-20)18-9-5-4-6-10-18/h4-12,15-16,22H,3,13-14H2,1-2H3,(H,23,24). The van der Waals surface area contributed by atoms with Crippen molar-refractivity contribution < 1.29 is 0 Å². The zero-order valence-corrected chi connectivity index (χ0v) is 14.4. The highest BCUT2D eigenvalue weighted by atomic mass is 14.9. The number of aromatic amines is 1. The van der Waals surface area contributed by atoms with Crippen molar-refractivity contribution in [3.8, 4) is 22.6 Å². The summed E-state index contributed by atoms with van der Waals surface area (Å²) in [6.45, 7) is 6.47. The van der Waals surface area contributed by atoms with Crippen LogP contribution in [0.25, 0.3) is 22.6 Å². The number of nitrogens with zero attached hydrogens (tertiary/aromatic N) is 1. The molecule has 3 aromatic rings. The molecule has 3 nitrogen and oxygen atoms in total. The van der Waals surface area contributed by atoms with Gasteiger partial charge in [0.2, 0.25) is 0 Å². The Morgan fingerprint density at radius 3 is 2.62 bits per heavy atom. The van der Waals surface area contributed by atoms with E-state index >= 15 is 0 Å². The monoisotopic (exact) mass is 319 g/mol. The van der Waals surface area contributed by atoms with Crippen LogP contribution in [0.2, 0.25) is 0 Å². The molecule has 1 unspecified atom stereocenters. The van der Waals surface area contributed by atoms with Crippen LogP contribution in [0.3, 0.4) is 0 Å². The first-order valence-electron chi connectivity index (χ1n) is 8.66. The molecule has 3 heteroatoms. The second-order valence-corrected chi connectivity index (χ2v) is 6.36. The van der Waals surface area contributed by atoms with Gasteiger partial charge < -0.3 is 10.3 Å². The average molecular weight is 319 g/mol. The number of aromatic nitrogens is 2. The SMILES string of the molecule is CCC(C)CNCc1cccc(-c2cnc(-c3ccccc3)[nH]2)c1. The first-order chi connectivity index (χ1) is 11.8. The number of rotatable bonds is 7.